The number of aromatic amines is 1. The number of aromatic nitrogens is 4. The van der Waals surface area contributed by atoms with Gasteiger partial charge in [0.05, 0.1) is 0 Å². The predicted octanol–water partition coefficient (Wildman–Crippen LogP) is 1.56. The van der Waals surface area contributed by atoms with Crippen molar-refractivity contribution in [3.8, 4) is 0 Å². The smallest absolute Gasteiger partial charge is 0.171 e. The average Bonchev–Trinajstić information content (AvgIpc) is 2.48. The fourth-order valence-corrected chi connectivity index (χ4v) is 0.212. The minimum absolute atomic E-state index is 0.676. The molecule has 0 fully saturated rings. The van der Waals surface area contributed by atoms with E-state index in [1.165, 1.54) is 0 Å². The molecule has 0 saturated heterocycles. The second-order valence-electron chi connectivity index (χ2n) is 0.959. The first-order valence-electron chi connectivity index (χ1n) is 3.59. The van der Waals surface area contributed by atoms with Crippen molar-refractivity contribution in [2.45, 2.75) is 34.6 Å². The monoisotopic (exact) mass is 144 g/mol. The van der Waals surface area contributed by atoms with Crippen molar-refractivity contribution in [1.82, 2.24) is 20.6 Å². The predicted molar refractivity (Wildman–Crippen MR) is 41.6 cm³/mol. The maximum Gasteiger partial charge on any atom is 0.171 e. The van der Waals surface area contributed by atoms with Crippen LogP contribution in [-0.2, 0) is 0 Å². The van der Waals surface area contributed by atoms with E-state index in [2.05, 4.69) is 20.6 Å². The van der Waals surface area contributed by atoms with Crippen LogP contribution in [0.15, 0.2) is 0 Å². The molecule has 60 valence electrons. The van der Waals surface area contributed by atoms with Crippen molar-refractivity contribution in [3.63, 3.8) is 0 Å². The zero-order valence-corrected chi connectivity index (χ0v) is 7.34. The highest BCUT2D eigenvalue weighted by Crippen LogP contribution is 1.69. The van der Waals surface area contributed by atoms with Crippen LogP contribution < -0.4 is 0 Å². The SMILES string of the molecule is CC.CC.Cc1nn[nH]n1. The molecule has 0 aliphatic rings. The largest absolute Gasteiger partial charge is 0.177 e. The van der Waals surface area contributed by atoms with Gasteiger partial charge in [-0.3, -0.25) is 0 Å². The van der Waals surface area contributed by atoms with Crippen LogP contribution in [0.1, 0.15) is 33.5 Å². The molecule has 1 rings (SSSR count). The van der Waals surface area contributed by atoms with Crippen molar-refractivity contribution in [2.24, 2.45) is 0 Å². The third-order valence-electron chi connectivity index (χ3n) is 0.451. The average molecular weight is 144 g/mol. The Kier molecular flexibility index (Phi) is 12.9. The number of nitrogens with one attached hydrogen (secondary N) is 1. The van der Waals surface area contributed by atoms with Crippen LogP contribution >= 0.6 is 0 Å². The van der Waals surface area contributed by atoms with Crippen molar-refractivity contribution in [3.05, 3.63) is 5.82 Å². The zero-order valence-electron chi connectivity index (χ0n) is 7.34. The molecule has 0 bridgehead atoms. The van der Waals surface area contributed by atoms with Crippen LogP contribution in [0.4, 0.5) is 0 Å². The molecule has 1 aromatic heterocycles. The molecule has 0 unspecified atom stereocenters. The van der Waals surface area contributed by atoms with E-state index < -0.39 is 0 Å². The number of nitrogens with zero attached hydrogens (tertiary/aromatic N) is 3. The van der Waals surface area contributed by atoms with Gasteiger partial charge in [-0.05, 0) is 6.92 Å². The summed E-state index contributed by atoms with van der Waals surface area (Å²) < 4.78 is 0. The summed E-state index contributed by atoms with van der Waals surface area (Å²) in [5.74, 6) is 0.676. The second kappa shape index (κ2) is 10.9. The fourth-order valence-electron chi connectivity index (χ4n) is 0.212. The molecule has 1 aromatic rings. The van der Waals surface area contributed by atoms with Gasteiger partial charge in [-0.1, -0.05) is 32.9 Å². The molecule has 4 heteroatoms. The summed E-state index contributed by atoms with van der Waals surface area (Å²) in [7, 11) is 0. The van der Waals surface area contributed by atoms with E-state index in [1.807, 2.05) is 27.7 Å². The van der Waals surface area contributed by atoms with E-state index in [4.69, 9.17) is 0 Å². The molecule has 0 spiro atoms. The number of hydrogen-bond acceptors (Lipinski definition) is 3. The van der Waals surface area contributed by atoms with E-state index in [0.717, 1.165) is 0 Å². The van der Waals surface area contributed by atoms with Gasteiger partial charge < -0.3 is 0 Å². The standard InChI is InChI=1S/C2H4N4.2C2H6/c1-2-3-5-6-4-2;2*1-2/h1H3,(H,3,4,5,6);2*1-2H3. The number of aryl methyl sites for hydroxylation is 1. The van der Waals surface area contributed by atoms with Crippen LogP contribution in [0.5, 0.6) is 0 Å². The van der Waals surface area contributed by atoms with Crippen molar-refractivity contribution in [2.75, 3.05) is 0 Å². The number of hydrogen-bond donors (Lipinski definition) is 1. The molecule has 0 aliphatic heterocycles. The number of rotatable bonds is 0. The molecule has 1 N–H and O–H groups in total. The molecule has 4 nitrogen and oxygen atoms in total. The summed E-state index contributed by atoms with van der Waals surface area (Å²) in [5, 5.41) is 12.7. The Morgan fingerprint density at radius 1 is 1.10 bits per heavy atom. The Morgan fingerprint density at radius 2 is 1.60 bits per heavy atom. The normalized spacial score (nSPS) is 6.50. The molecule has 0 amide bonds. The lowest BCUT2D eigenvalue weighted by molar-refractivity contribution is 0.881. The Labute approximate surface area is 62.0 Å². The van der Waals surface area contributed by atoms with Crippen LogP contribution in [0.3, 0.4) is 0 Å². The van der Waals surface area contributed by atoms with E-state index in [9.17, 15) is 0 Å². The molecular formula is C6H16N4. The topological polar surface area (TPSA) is 54.5 Å². The lowest BCUT2D eigenvalue weighted by Gasteiger charge is -1.59. The van der Waals surface area contributed by atoms with Gasteiger partial charge in [-0.15, -0.1) is 10.2 Å². The maximum absolute atomic E-state index is 3.57. The Hall–Kier alpha value is -0.930. The maximum atomic E-state index is 3.57. The molecule has 0 radical (unpaired) electrons. The van der Waals surface area contributed by atoms with Gasteiger partial charge in [0, 0.05) is 0 Å². The lowest BCUT2D eigenvalue weighted by atomic mass is 10.8. The minimum Gasteiger partial charge on any atom is -0.177 e. The highest BCUT2D eigenvalue weighted by molar-refractivity contribution is 4.63. The second-order valence-corrected chi connectivity index (χ2v) is 0.959. The first-order chi connectivity index (χ1) is 4.89. The van der Waals surface area contributed by atoms with Gasteiger partial charge in [0.15, 0.2) is 5.82 Å². The van der Waals surface area contributed by atoms with Gasteiger partial charge in [-0.2, -0.15) is 5.21 Å². The van der Waals surface area contributed by atoms with Gasteiger partial charge >= 0.3 is 0 Å². The van der Waals surface area contributed by atoms with Gasteiger partial charge in [0.1, 0.15) is 0 Å². The summed E-state index contributed by atoms with van der Waals surface area (Å²) in [4.78, 5) is 0. The summed E-state index contributed by atoms with van der Waals surface area (Å²) in [6, 6.07) is 0. The Bertz CT molecular complexity index is 113. The molecular weight excluding hydrogens is 128 g/mol. The quantitative estimate of drug-likeness (QED) is 0.601. The highest BCUT2D eigenvalue weighted by Gasteiger charge is 1.78. The number of H-pyrrole nitrogens is 1. The first kappa shape index (κ1) is 11.8. The zero-order chi connectivity index (χ0) is 8.41. The van der Waals surface area contributed by atoms with Crippen LogP contribution in [0.2, 0.25) is 0 Å². The number of tetrazole rings is 1. The molecule has 0 aliphatic carbocycles. The third-order valence-corrected chi connectivity index (χ3v) is 0.451. The van der Waals surface area contributed by atoms with Crippen LogP contribution in [0.25, 0.3) is 0 Å². The van der Waals surface area contributed by atoms with E-state index >= 15 is 0 Å². The summed E-state index contributed by atoms with van der Waals surface area (Å²) in [5.41, 5.74) is 0. The molecule has 0 aromatic carbocycles. The summed E-state index contributed by atoms with van der Waals surface area (Å²) >= 11 is 0. The van der Waals surface area contributed by atoms with Crippen LogP contribution in [-0.4, -0.2) is 20.6 Å². The Morgan fingerprint density at radius 3 is 1.70 bits per heavy atom. The third kappa shape index (κ3) is 7.07. The van der Waals surface area contributed by atoms with E-state index in [0.29, 0.717) is 5.82 Å². The van der Waals surface area contributed by atoms with Gasteiger partial charge in [0.25, 0.3) is 0 Å². The van der Waals surface area contributed by atoms with Crippen molar-refractivity contribution >= 4 is 0 Å². The minimum atomic E-state index is 0.676. The Balaban J connectivity index is 0. The highest BCUT2D eigenvalue weighted by atomic mass is 15.5. The van der Waals surface area contributed by atoms with E-state index in [1.54, 1.807) is 6.92 Å². The lowest BCUT2D eigenvalue weighted by Crippen LogP contribution is -1.69. The van der Waals surface area contributed by atoms with Gasteiger partial charge in [-0.25, -0.2) is 0 Å². The van der Waals surface area contributed by atoms with E-state index in [-0.39, 0.29) is 0 Å². The molecule has 1 heterocycles. The summed E-state index contributed by atoms with van der Waals surface area (Å²) in [6.07, 6.45) is 0. The first-order valence-corrected chi connectivity index (χ1v) is 3.59. The summed E-state index contributed by atoms with van der Waals surface area (Å²) in [6.45, 7) is 9.77. The fraction of sp³-hybridized carbons (Fsp3) is 0.833. The molecule has 0 atom stereocenters. The molecule has 0 saturated carbocycles. The van der Waals surface area contributed by atoms with Gasteiger partial charge in [0.2, 0.25) is 0 Å². The van der Waals surface area contributed by atoms with Crippen LogP contribution in [0, 0.1) is 6.92 Å². The van der Waals surface area contributed by atoms with Crippen molar-refractivity contribution < 1.29 is 0 Å². The molecule has 10 heavy (non-hydrogen) atoms. The van der Waals surface area contributed by atoms with Crippen molar-refractivity contribution in [1.29, 1.82) is 0 Å².